The predicted molar refractivity (Wildman–Crippen MR) is 105 cm³/mol. The Morgan fingerprint density at radius 1 is 1.45 bits per heavy atom. The summed E-state index contributed by atoms with van der Waals surface area (Å²) >= 11 is 1.78. The number of nitrogens with one attached hydrogen (secondary N) is 1. The number of hydrogen-bond donors (Lipinski definition) is 2. The van der Waals surface area contributed by atoms with E-state index in [1.54, 1.807) is 18.4 Å². The Bertz CT molecular complexity index is 431. The van der Waals surface area contributed by atoms with Crippen LogP contribution in [0.2, 0.25) is 0 Å². The van der Waals surface area contributed by atoms with Gasteiger partial charge in [0.15, 0.2) is 5.96 Å². The fourth-order valence-electron chi connectivity index (χ4n) is 3.01. The van der Waals surface area contributed by atoms with E-state index in [9.17, 15) is 0 Å². The van der Waals surface area contributed by atoms with Crippen LogP contribution in [0.1, 0.15) is 37.0 Å². The standard InChI is InChI=1S/C16H27N3OS.HI/c1-20-11-9-16(7-2-3-8-16)13-19-15(17)18-10-6-14-5-4-12-21-14;/h4-5,12H,2-3,6-11,13H2,1H3,(H3,17,18,19);1H. The van der Waals surface area contributed by atoms with Crippen LogP contribution >= 0.6 is 35.3 Å². The average molecular weight is 437 g/mol. The third kappa shape index (κ3) is 6.42. The quantitative estimate of drug-likeness (QED) is 0.372. The molecule has 0 saturated heterocycles. The molecule has 1 aromatic rings. The maximum atomic E-state index is 5.99. The molecule has 0 aliphatic heterocycles. The first-order valence-electron chi connectivity index (χ1n) is 7.79. The molecule has 0 atom stereocenters. The highest BCUT2D eigenvalue weighted by molar-refractivity contribution is 14.0. The zero-order valence-electron chi connectivity index (χ0n) is 13.3. The summed E-state index contributed by atoms with van der Waals surface area (Å²) in [6.45, 7) is 2.50. The molecule has 1 saturated carbocycles. The molecule has 4 nitrogen and oxygen atoms in total. The largest absolute Gasteiger partial charge is 0.385 e. The van der Waals surface area contributed by atoms with E-state index < -0.39 is 0 Å². The molecule has 2 rings (SSSR count). The van der Waals surface area contributed by atoms with Crippen LogP contribution in [0.5, 0.6) is 0 Å². The monoisotopic (exact) mass is 437 g/mol. The lowest BCUT2D eigenvalue weighted by Crippen LogP contribution is -2.35. The van der Waals surface area contributed by atoms with Crippen molar-refractivity contribution in [3.05, 3.63) is 22.4 Å². The van der Waals surface area contributed by atoms with Crippen molar-refractivity contribution < 1.29 is 4.74 Å². The zero-order valence-corrected chi connectivity index (χ0v) is 16.5. The number of ether oxygens (including phenoxy) is 1. The number of nitrogens with two attached hydrogens (primary N) is 1. The molecule has 0 aromatic carbocycles. The van der Waals surface area contributed by atoms with Crippen molar-refractivity contribution in [1.29, 1.82) is 0 Å². The first kappa shape index (κ1) is 19.7. The number of thiophene rings is 1. The minimum atomic E-state index is 0. The fraction of sp³-hybridized carbons (Fsp3) is 0.688. The van der Waals surface area contributed by atoms with Crippen LogP contribution in [0.25, 0.3) is 0 Å². The van der Waals surface area contributed by atoms with Gasteiger partial charge in [-0.15, -0.1) is 35.3 Å². The van der Waals surface area contributed by atoms with Gasteiger partial charge in [0, 0.05) is 31.7 Å². The molecule has 0 bridgehead atoms. The molecule has 0 radical (unpaired) electrons. The van der Waals surface area contributed by atoms with E-state index in [0.717, 1.165) is 32.5 Å². The fourth-order valence-corrected chi connectivity index (χ4v) is 3.72. The van der Waals surface area contributed by atoms with Gasteiger partial charge in [-0.3, -0.25) is 4.99 Å². The molecule has 1 heterocycles. The van der Waals surface area contributed by atoms with E-state index in [-0.39, 0.29) is 24.0 Å². The molecule has 6 heteroatoms. The van der Waals surface area contributed by atoms with Crippen LogP contribution in [0, 0.1) is 5.41 Å². The van der Waals surface area contributed by atoms with Gasteiger partial charge in [-0.2, -0.15) is 0 Å². The second-order valence-electron chi connectivity index (χ2n) is 5.91. The number of rotatable bonds is 8. The highest BCUT2D eigenvalue weighted by atomic mass is 127. The highest BCUT2D eigenvalue weighted by Gasteiger charge is 2.33. The second-order valence-corrected chi connectivity index (χ2v) is 6.94. The van der Waals surface area contributed by atoms with Crippen LogP contribution < -0.4 is 11.1 Å². The number of nitrogens with zero attached hydrogens (tertiary/aromatic N) is 1. The molecular formula is C16H28IN3OS. The predicted octanol–water partition coefficient (Wildman–Crippen LogP) is 3.41. The van der Waals surface area contributed by atoms with Gasteiger partial charge in [-0.05, 0) is 42.5 Å². The molecule has 3 N–H and O–H groups in total. The average Bonchev–Trinajstić information content (AvgIpc) is 3.15. The normalized spacial score (nSPS) is 17.2. The van der Waals surface area contributed by atoms with Crippen molar-refractivity contribution >= 4 is 41.3 Å². The van der Waals surface area contributed by atoms with Crippen molar-refractivity contribution in [3.8, 4) is 0 Å². The minimum Gasteiger partial charge on any atom is -0.385 e. The van der Waals surface area contributed by atoms with E-state index >= 15 is 0 Å². The minimum absolute atomic E-state index is 0. The third-order valence-electron chi connectivity index (χ3n) is 4.34. The van der Waals surface area contributed by atoms with Crippen LogP contribution in [-0.2, 0) is 11.2 Å². The first-order chi connectivity index (χ1) is 10.2. The van der Waals surface area contributed by atoms with Crippen molar-refractivity contribution in [2.75, 3.05) is 26.8 Å². The Morgan fingerprint density at radius 2 is 2.23 bits per heavy atom. The number of hydrogen-bond acceptors (Lipinski definition) is 3. The first-order valence-corrected chi connectivity index (χ1v) is 8.67. The van der Waals surface area contributed by atoms with Gasteiger partial charge in [0.1, 0.15) is 0 Å². The van der Waals surface area contributed by atoms with E-state index in [1.165, 1.54) is 30.6 Å². The molecule has 126 valence electrons. The molecule has 1 fully saturated rings. The summed E-state index contributed by atoms with van der Waals surface area (Å²) in [7, 11) is 1.77. The van der Waals surface area contributed by atoms with E-state index in [0.29, 0.717) is 11.4 Å². The van der Waals surface area contributed by atoms with E-state index in [1.807, 2.05) is 0 Å². The summed E-state index contributed by atoms with van der Waals surface area (Å²) in [5.41, 5.74) is 6.31. The van der Waals surface area contributed by atoms with Crippen molar-refractivity contribution in [1.82, 2.24) is 5.32 Å². The van der Waals surface area contributed by atoms with Gasteiger partial charge in [-0.25, -0.2) is 0 Å². The Hall–Kier alpha value is -0.340. The van der Waals surface area contributed by atoms with Crippen LogP contribution in [0.3, 0.4) is 0 Å². The summed E-state index contributed by atoms with van der Waals surface area (Å²) in [4.78, 5) is 5.96. The molecule has 1 aromatic heterocycles. The Balaban J connectivity index is 0.00000242. The van der Waals surface area contributed by atoms with Gasteiger partial charge in [0.25, 0.3) is 0 Å². The summed E-state index contributed by atoms with van der Waals surface area (Å²) < 4.78 is 5.25. The van der Waals surface area contributed by atoms with E-state index in [4.69, 9.17) is 10.5 Å². The number of methoxy groups -OCH3 is 1. The number of aliphatic imine (C=N–C) groups is 1. The lowest BCUT2D eigenvalue weighted by Gasteiger charge is -2.26. The number of halogens is 1. The van der Waals surface area contributed by atoms with Crippen molar-refractivity contribution in [2.45, 2.75) is 38.5 Å². The highest BCUT2D eigenvalue weighted by Crippen LogP contribution is 2.41. The third-order valence-corrected chi connectivity index (χ3v) is 5.28. The topological polar surface area (TPSA) is 59.6 Å². The Morgan fingerprint density at radius 3 is 2.86 bits per heavy atom. The summed E-state index contributed by atoms with van der Waals surface area (Å²) in [5, 5.41) is 5.32. The summed E-state index contributed by atoms with van der Waals surface area (Å²) in [5.74, 6) is 0.579. The van der Waals surface area contributed by atoms with Gasteiger partial charge < -0.3 is 15.8 Å². The zero-order chi connectivity index (χ0) is 15.0. The van der Waals surface area contributed by atoms with Gasteiger partial charge in [-0.1, -0.05) is 18.9 Å². The molecular weight excluding hydrogens is 409 g/mol. The van der Waals surface area contributed by atoms with Gasteiger partial charge in [0.2, 0.25) is 0 Å². The molecule has 0 amide bonds. The van der Waals surface area contributed by atoms with E-state index in [2.05, 4.69) is 27.8 Å². The molecule has 0 unspecified atom stereocenters. The maximum absolute atomic E-state index is 5.99. The van der Waals surface area contributed by atoms with Crippen molar-refractivity contribution in [3.63, 3.8) is 0 Å². The SMILES string of the molecule is COCCC1(CN=C(N)NCCc2cccs2)CCCC1.I. The van der Waals surface area contributed by atoms with Crippen LogP contribution in [0.15, 0.2) is 22.5 Å². The maximum Gasteiger partial charge on any atom is 0.188 e. The van der Waals surface area contributed by atoms with Gasteiger partial charge in [0.05, 0.1) is 0 Å². The number of guanidine groups is 1. The van der Waals surface area contributed by atoms with Crippen LogP contribution in [-0.4, -0.2) is 32.8 Å². The van der Waals surface area contributed by atoms with Crippen molar-refractivity contribution in [2.24, 2.45) is 16.1 Å². The Kier molecular flexibility index (Phi) is 9.35. The molecule has 1 aliphatic carbocycles. The molecule has 1 aliphatic rings. The summed E-state index contributed by atoms with van der Waals surface area (Å²) in [6.07, 6.45) is 7.22. The summed E-state index contributed by atoms with van der Waals surface area (Å²) in [6, 6.07) is 4.23. The van der Waals surface area contributed by atoms with Crippen LogP contribution in [0.4, 0.5) is 0 Å². The lowest BCUT2D eigenvalue weighted by atomic mass is 9.83. The second kappa shape index (κ2) is 10.4. The molecule has 0 spiro atoms. The Labute approximate surface area is 154 Å². The lowest BCUT2D eigenvalue weighted by molar-refractivity contribution is 0.141. The van der Waals surface area contributed by atoms with Gasteiger partial charge >= 0.3 is 0 Å². The molecule has 22 heavy (non-hydrogen) atoms. The smallest absolute Gasteiger partial charge is 0.188 e.